The van der Waals surface area contributed by atoms with Crippen LogP contribution in [-0.4, -0.2) is 53.8 Å². The molecule has 1 saturated heterocycles. The number of nitrogens with zero attached hydrogens (tertiary/aromatic N) is 2. The van der Waals surface area contributed by atoms with Crippen LogP contribution in [0.3, 0.4) is 0 Å². The highest BCUT2D eigenvalue weighted by Gasteiger charge is 2.29. The maximum absolute atomic E-state index is 12.9. The third kappa shape index (κ3) is 5.50. The molecule has 2 unspecified atom stereocenters. The van der Waals surface area contributed by atoms with Crippen molar-refractivity contribution in [1.29, 1.82) is 0 Å². The smallest absolute Gasteiger partial charge is 0.254 e. The lowest BCUT2D eigenvalue weighted by Crippen LogP contribution is -2.41. The van der Waals surface area contributed by atoms with Crippen LogP contribution in [-0.2, 0) is 6.54 Å². The molecule has 32 heavy (non-hydrogen) atoms. The van der Waals surface area contributed by atoms with Crippen molar-refractivity contribution in [3.8, 4) is 0 Å². The summed E-state index contributed by atoms with van der Waals surface area (Å²) in [5.74, 6) is 0.339. The van der Waals surface area contributed by atoms with E-state index in [9.17, 15) is 9.59 Å². The Morgan fingerprint density at radius 1 is 1.22 bits per heavy atom. The summed E-state index contributed by atoms with van der Waals surface area (Å²) >= 11 is 0. The number of hydrogen-bond acceptors (Lipinski definition) is 3. The lowest BCUT2D eigenvalue weighted by atomic mass is 9.98. The third-order valence-electron chi connectivity index (χ3n) is 7.05. The number of rotatable bonds is 9. The summed E-state index contributed by atoms with van der Waals surface area (Å²) in [5.41, 5.74) is 2.29. The second kappa shape index (κ2) is 11.0. The molecule has 2 atom stereocenters. The molecule has 2 heterocycles. The van der Waals surface area contributed by atoms with Gasteiger partial charge in [-0.25, -0.2) is 0 Å². The molecule has 4 rings (SSSR count). The van der Waals surface area contributed by atoms with Crippen molar-refractivity contribution < 1.29 is 9.59 Å². The Labute approximate surface area is 192 Å². The lowest BCUT2D eigenvalue weighted by molar-refractivity contribution is 0.0762. The molecule has 0 saturated carbocycles. The van der Waals surface area contributed by atoms with E-state index < -0.39 is 0 Å². The predicted octanol–water partition coefficient (Wildman–Crippen LogP) is 4.55. The van der Waals surface area contributed by atoms with E-state index in [1.807, 2.05) is 17.0 Å². The van der Waals surface area contributed by atoms with Crippen LogP contribution >= 0.6 is 0 Å². The average molecular weight is 436 g/mol. The first-order valence-corrected chi connectivity index (χ1v) is 12.4. The normalized spacial score (nSPS) is 22.9. The minimum absolute atomic E-state index is 0.0460. The van der Waals surface area contributed by atoms with Gasteiger partial charge in [0.15, 0.2) is 0 Å². The Bertz CT molecular complexity index is 874. The van der Waals surface area contributed by atoms with E-state index in [-0.39, 0.29) is 11.8 Å². The number of amides is 2. The summed E-state index contributed by atoms with van der Waals surface area (Å²) in [5, 5.41) is 3.06. The second-order valence-corrected chi connectivity index (χ2v) is 9.45. The van der Waals surface area contributed by atoms with E-state index in [1.165, 1.54) is 38.6 Å². The molecule has 0 aromatic heterocycles. The number of allylic oxidation sites excluding steroid dienone is 3. The molecule has 2 amide bonds. The first-order chi connectivity index (χ1) is 15.7. The number of likely N-dealkylation sites (tertiary alicyclic amines) is 1. The molecule has 5 heteroatoms. The first kappa shape index (κ1) is 22.8. The van der Waals surface area contributed by atoms with Gasteiger partial charge in [0, 0.05) is 43.3 Å². The van der Waals surface area contributed by atoms with Gasteiger partial charge >= 0.3 is 0 Å². The first-order valence-electron chi connectivity index (χ1n) is 12.4. The van der Waals surface area contributed by atoms with Crippen LogP contribution in [0.1, 0.15) is 78.1 Å². The molecule has 3 aliphatic rings. The minimum Gasteiger partial charge on any atom is -0.352 e. The Hall–Kier alpha value is -2.40. The molecule has 1 fully saturated rings. The summed E-state index contributed by atoms with van der Waals surface area (Å²) in [4.78, 5) is 30.1. The van der Waals surface area contributed by atoms with Crippen LogP contribution in [0.4, 0.5) is 0 Å². The van der Waals surface area contributed by atoms with Crippen molar-refractivity contribution >= 4 is 11.8 Å². The fourth-order valence-electron chi connectivity index (χ4n) is 5.30. The predicted molar refractivity (Wildman–Crippen MR) is 129 cm³/mol. The van der Waals surface area contributed by atoms with E-state index >= 15 is 0 Å². The number of carbonyl (C=O) groups excluding carboxylic acids is 2. The topological polar surface area (TPSA) is 52.7 Å². The van der Waals surface area contributed by atoms with Crippen molar-refractivity contribution in [2.45, 2.75) is 64.5 Å². The number of carbonyl (C=O) groups is 2. The monoisotopic (exact) mass is 435 g/mol. The molecule has 1 aromatic rings. The summed E-state index contributed by atoms with van der Waals surface area (Å²) in [6, 6.07) is 6.30. The van der Waals surface area contributed by atoms with Crippen molar-refractivity contribution in [2.24, 2.45) is 5.92 Å². The highest BCUT2D eigenvalue weighted by Crippen LogP contribution is 2.26. The van der Waals surface area contributed by atoms with E-state index in [0.29, 0.717) is 30.1 Å². The summed E-state index contributed by atoms with van der Waals surface area (Å²) in [6.45, 7) is 6.54. The Kier molecular flexibility index (Phi) is 7.80. The molecule has 172 valence electrons. The van der Waals surface area contributed by atoms with Gasteiger partial charge in [0.1, 0.15) is 0 Å². The van der Waals surface area contributed by atoms with Gasteiger partial charge in [-0.05, 0) is 62.3 Å². The van der Waals surface area contributed by atoms with Gasteiger partial charge in [0.25, 0.3) is 11.8 Å². The molecule has 1 aromatic carbocycles. The zero-order chi connectivity index (χ0) is 22.3. The zero-order valence-corrected chi connectivity index (χ0v) is 19.4. The van der Waals surface area contributed by atoms with Crippen molar-refractivity contribution in [2.75, 3.05) is 26.2 Å². The van der Waals surface area contributed by atoms with Crippen molar-refractivity contribution in [3.05, 3.63) is 59.2 Å². The molecule has 0 spiro atoms. The number of hydrogen-bond donors (Lipinski definition) is 1. The van der Waals surface area contributed by atoms with Crippen LogP contribution in [0, 0.1) is 5.92 Å². The number of fused-ring (bicyclic) bond motifs is 1. The van der Waals surface area contributed by atoms with Crippen LogP contribution in [0.5, 0.6) is 0 Å². The fourth-order valence-corrected chi connectivity index (χ4v) is 5.30. The van der Waals surface area contributed by atoms with Gasteiger partial charge in [-0.1, -0.05) is 50.1 Å². The van der Waals surface area contributed by atoms with Gasteiger partial charge in [-0.15, -0.1) is 0 Å². The maximum atomic E-state index is 12.9. The van der Waals surface area contributed by atoms with Crippen molar-refractivity contribution in [1.82, 2.24) is 15.1 Å². The maximum Gasteiger partial charge on any atom is 0.254 e. The summed E-state index contributed by atoms with van der Waals surface area (Å²) in [6.07, 6.45) is 16.8. The molecular weight excluding hydrogens is 398 g/mol. The minimum atomic E-state index is -0.0804. The average Bonchev–Trinajstić information content (AvgIpc) is 3.13. The highest BCUT2D eigenvalue weighted by atomic mass is 16.2. The van der Waals surface area contributed by atoms with Crippen molar-refractivity contribution in [3.63, 3.8) is 0 Å². The van der Waals surface area contributed by atoms with E-state index in [2.05, 4.69) is 41.4 Å². The Morgan fingerprint density at radius 3 is 2.94 bits per heavy atom. The zero-order valence-electron chi connectivity index (χ0n) is 19.4. The number of benzene rings is 1. The second-order valence-electron chi connectivity index (χ2n) is 9.45. The van der Waals surface area contributed by atoms with Gasteiger partial charge in [0.05, 0.1) is 0 Å². The van der Waals surface area contributed by atoms with Crippen LogP contribution in [0.25, 0.3) is 0 Å². The van der Waals surface area contributed by atoms with Crippen LogP contribution in [0.15, 0.2) is 42.5 Å². The fraction of sp³-hybridized carbons (Fsp3) is 0.556. The van der Waals surface area contributed by atoms with Gasteiger partial charge in [0.2, 0.25) is 0 Å². The molecule has 5 nitrogen and oxygen atoms in total. The summed E-state index contributed by atoms with van der Waals surface area (Å²) < 4.78 is 0. The van der Waals surface area contributed by atoms with E-state index in [1.54, 1.807) is 6.07 Å². The Balaban J connectivity index is 1.26. The quantitative estimate of drug-likeness (QED) is 0.579. The lowest BCUT2D eigenvalue weighted by Gasteiger charge is -2.35. The number of piperidine rings is 1. The standard InChI is InChI=1S/C27H37N3O2/c1-2-9-24-12-6-7-16-29(24)17-8-15-28-26(31)22-13-14-23-20-30(27(32)25(23)18-22)19-21-10-4-3-5-11-21/h3-5,10,13-14,18,21,24H,2,6-9,11-12,15-17,19-20H2,1H3,(H,28,31). The van der Waals surface area contributed by atoms with Crippen LogP contribution in [0.2, 0.25) is 0 Å². The molecule has 2 aliphatic heterocycles. The molecule has 0 radical (unpaired) electrons. The van der Waals surface area contributed by atoms with Gasteiger partial charge in [-0.2, -0.15) is 0 Å². The highest BCUT2D eigenvalue weighted by molar-refractivity contribution is 6.02. The SMILES string of the molecule is CCCC1CCCCN1CCCNC(=O)c1ccc2c(c1)C(=O)N(CC1C=CC=CC1)C2. The molecular formula is C27H37N3O2. The summed E-state index contributed by atoms with van der Waals surface area (Å²) in [7, 11) is 0. The molecule has 0 bridgehead atoms. The van der Waals surface area contributed by atoms with Gasteiger partial charge in [-0.3, -0.25) is 9.59 Å². The van der Waals surface area contributed by atoms with Crippen LogP contribution < -0.4 is 5.32 Å². The third-order valence-corrected chi connectivity index (χ3v) is 7.05. The van der Waals surface area contributed by atoms with E-state index in [4.69, 9.17) is 0 Å². The van der Waals surface area contributed by atoms with E-state index in [0.717, 1.165) is 37.5 Å². The molecule has 1 aliphatic carbocycles. The number of nitrogens with one attached hydrogen (secondary N) is 1. The Morgan fingerprint density at radius 2 is 2.12 bits per heavy atom. The largest absolute Gasteiger partial charge is 0.352 e. The van der Waals surface area contributed by atoms with Gasteiger partial charge < -0.3 is 15.1 Å². The molecule has 1 N–H and O–H groups in total.